The molecule has 10 rings (SSSR count). The average Bonchev–Trinajstić information content (AvgIpc) is 3.62. The lowest BCUT2D eigenvalue weighted by Crippen LogP contribution is -2.15. The second-order valence-corrected chi connectivity index (χ2v) is 13.7. The lowest BCUT2D eigenvalue weighted by molar-refractivity contribution is 0.661. The third-order valence-electron chi connectivity index (χ3n) is 10.7. The highest BCUT2D eigenvalue weighted by Gasteiger charge is 2.36. The molecule has 48 heavy (non-hydrogen) atoms. The Balaban J connectivity index is 1.01. The van der Waals surface area contributed by atoms with E-state index in [1.807, 2.05) is 12.1 Å². The molecule has 0 N–H and O–H groups in total. The fourth-order valence-electron chi connectivity index (χ4n) is 8.14. The van der Waals surface area contributed by atoms with Gasteiger partial charge in [0, 0.05) is 16.2 Å². The number of furan rings is 1. The molecule has 0 amide bonds. The van der Waals surface area contributed by atoms with Crippen LogP contribution in [0.2, 0.25) is 0 Å². The van der Waals surface area contributed by atoms with Crippen LogP contribution in [-0.2, 0) is 5.41 Å². The van der Waals surface area contributed by atoms with E-state index in [-0.39, 0.29) is 5.41 Å². The Labute approximate surface area is 279 Å². The van der Waals surface area contributed by atoms with Crippen LogP contribution in [0.15, 0.2) is 162 Å². The van der Waals surface area contributed by atoms with E-state index in [9.17, 15) is 0 Å². The smallest absolute Gasteiger partial charge is 0.135 e. The van der Waals surface area contributed by atoms with Crippen LogP contribution in [0.4, 0.5) is 0 Å². The van der Waals surface area contributed by atoms with Crippen LogP contribution < -0.4 is 0 Å². The van der Waals surface area contributed by atoms with Gasteiger partial charge in [-0.2, -0.15) is 0 Å². The number of benzene rings is 8. The van der Waals surface area contributed by atoms with Gasteiger partial charge in [-0.15, -0.1) is 0 Å². The molecule has 0 aliphatic heterocycles. The molecule has 226 valence electrons. The van der Waals surface area contributed by atoms with Gasteiger partial charge in [-0.25, -0.2) is 0 Å². The quantitative estimate of drug-likeness (QED) is 0.181. The maximum atomic E-state index is 6.10. The first kappa shape index (κ1) is 27.2. The van der Waals surface area contributed by atoms with E-state index in [2.05, 4.69) is 159 Å². The van der Waals surface area contributed by atoms with Crippen LogP contribution in [0.25, 0.3) is 88.0 Å². The minimum absolute atomic E-state index is 0.118. The van der Waals surface area contributed by atoms with Crippen molar-refractivity contribution in [3.05, 3.63) is 169 Å². The van der Waals surface area contributed by atoms with E-state index in [1.54, 1.807) is 0 Å². The van der Waals surface area contributed by atoms with Crippen molar-refractivity contribution < 1.29 is 4.42 Å². The number of fused-ring (bicyclic) bond motifs is 9. The van der Waals surface area contributed by atoms with Crippen molar-refractivity contribution in [3.63, 3.8) is 0 Å². The average molecular weight is 613 g/mol. The van der Waals surface area contributed by atoms with Crippen molar-refractivity contribution in [2.24, 2.45) is 0 Å². The minimum atomic E-state index is -0.118. The Morgan fingerprint density at radius 3 is 1.62 bits per heavy atom. The van der Waals surface area contributed by atoms with Gasteiger partial charge in [0.25, 0.3) is 0 Å². The first-order valence-electron chi connectivity index (χ1n) is 16.8. The maximum absolute atomic E-state index is 6.10. The molecule has 1 nitrogen and oxygen atoms in total. The van der Waals surface area contributed by atoms with Crippen molar-refractivity contribution in [1.29, 1.82) is 0 Å². The second-order valence-electron chi connectivity index (χ2n) is 13.7. The molecule has 1 heterocycles. The molecule has 1 aliphatic carbocycles. The summed E-state index contributed by atoms with van der Waals surface area (Å²) in [7, 11) is 0. The van der Waals surface area contributed by atoms with Gasteiger partial charge >= 0.3 is 0 Å². The molecule has 0 fully saturated rings. The van der Waals surface area contributed by atoms with Gasteiger partial charge in [0.05, 0.1) is 0 Å². The van der Waals surface area contributed by atoms with Crippen molar-refractivity contribution in [3.8, 4) is 44.5 Å². The van der Waals surface area contributed by atoms with Crippen molar-refractivity contribution in [2.75, 3.05) is 0 Å². The molecule has 1 aromatic heterocycles. The van der Waals surface area contributed by atoms with E-state index in [4.69, 9.17) is 4.42 Å². The summed E-state index contributed by atoms with van der Waals surface area (Å²) in [5.41, 5.74) is 14.6. The highest BCUT2D eigenvalue weighted by atomic mass is 16.3. The van der Waals surface area contributed by atoms with Gasteiger partial charge in [0.2, 0.25) is 0 Å². The van der Waals surface area contributed by atoms with Crippen LogP contribution in [-0.4, -0.2) is 0 Å². The minimum Gasteiger partial charge on any atom is -0.456 e. The summed E-state index contributed by atoms with van der Waals surface area (Å²) in [5, 5.41) is 7.49. The van der Waals surface area contributed by atoms with Crippen molar-refractivity contribution in [2.45, 2.75) is 19.3 Å². The van der Waals surface area contributed by atoms with E-state index in [1.165, 1.54) is 77.2 Å². The molecule has 0 saturated heterocycles. The normalized spacial score (nSPS) is 13.4. The predicted molar refractivity (Wildman–Crippen MR) is 203 cm³/mol. The summed E-state index contributed by atoms with van der Waals surface area (Å²) >= 11 is 0. The molecule has 0 saturated carbocycles. The van der Waals surface area contributed by atoms with E-state index in [0.717, 1.165) is 21.9 Å². The van der Waals surface area contributed by atoms with E-state index in [0.29, 0.717) is 0 Å². The molecule has 0 radical (unpaired) electrons. The molecular formula is C47H32O. The van der Waals surface area contributed by atoms with Crippen LogP contribution in [0, 0.1) is 0 Å². The zero-order chi connectivity index (χ0) is 32.0. The van der Waals surface area contributed by atoms with Crippen LogP contribution in [0.1, 0.15) is 25.0 Å². The predicted octanol–water partition coefficient (Wildman–Crippen LogP) is 13.2. The molecule has 0 spiro atoms. The zero-order valence-corrected chi connectivity index (χ0v) is 26.9. The summed E-state index contributed by atoms with van der Waals surface area (Å²) in [6.07, 6.45) is 0. The van der Waals surface area contributed by atoms with Crippen LogP contribution in [0.5, 0.6) is 0 Å². The third-order valence-corrected chi connectivity index (χ3v) is 10.7. The van der Waals surface area contributed by atoms with Gasteiger partial charge < -0.3 is 4.42 Å². The highest BCUT2D eigenvalue weighted by Crippen LogP contribution is 2.51. The first-order chi connectivity index (χ1) is 23.5. The van der Waals surface area contributed by atoms with Crippen molar-refractivity contribution in [1.82, 2.24) is 0 Å². The summed E-state index contributed by atoms with van der Waals surface area (Å²) < 4.78 is 6.10. The number of hydrogen-bond acceptors (Lipinski definition) is 1. The fraction of sp³-hybridized carbons (Fsp3) is 0.0638. The van der Waals surface area contributed by atoms with Gasteiger partial charge in [-0.3, -0.25) is 0 Å². The molecule has 9 aromatic rings. The Kier molecular flexibility index (Phi) is 5.69. The van der Waals surface area contributed by atoms with Gasteiger partial charge in [0.15, 0.2) is 0 Å². The maximum Gasteiger partial charge on any atom is 0.135 e. The lowest BCUT2D eigenvalue weighted by Gasteiger charge is -2.22. The van der Waals surface area contributed by atoms with Gasteiger partial charge in [0.1, 0.15) is 11.2 Å². The summed E-state index contributed by atoms with van der Waals surface area (Å²) in [5.74, 6) is 0. The lowest BCUT2D eigenvalue weighted by atomic mass is 9.80. The van der Waals surface area contributed by atoms with Gasteiger partial charge in [-0.1, -0.05) is 135 Å². The Morgan fingerprint density at radius 2 is 0.875 bits per heavy atom. The second kappa shape index (κ2) is 10.0. The molecule has 0 bridgehead atoms. The SMILES string of the molecule is CC1(C)c2cc(-c3ccc(-c4cc5ccccc5c5ccccc45)cc3)ccc2-c2ccc(-c3ccc4oc5ccccc5c4c3)cc21. The molecule has 1 heteroatoms. The largest absolute Gasteiger partial charge is 0.456 e. The zero-order valence-electron chi connectivity index (χ0n) is 26.9. The highest BCUT2D eigenvalue weighted by molar-refractivity contribution is 6.13. The third kappa shape index (κ3) is 3.98. The van der Waals surface area contributed by atoms with Gasteiger partial charge in [-0.05, 0) is 114 Å². The number of para-hydroxylation sites is 1. The van der Waals surface area contributed by atoms with Crippen molar-refractivity contribution >= 4 is 43.5 Å². The Morgan fingerprint density at radius 1 is 0.354 bits per heavy atom. The number of hydrogen-bond donors (Lipinski definition) is 0. The standard InChI is InChI=1S/C47H32O/c1-47(2)43-27-32(29-15-17-30(18-16-29)41-26-34-9-3-4-10-35(34)36-11-5-6-12-37(36)41)19-22-38(43)39-23-20-33(28-44(39)47)31-21-24-46-42(25-31)40-13-7-8-14-45(40)48-46/h3-28H,1-2H3. The fourth-order valence-corrected chi connectivity index (χ4v) is 8.14. The van der Waals surface area contributed by atoms with E-state index >= 15 is 0 Å². The molecule has 8 aromatic carbocycles. The molecule has 0 atom stereocenters. The summed E-state index contributed by atoms with van der Waals surface area (Å²) in [6.45, 7) is 4.73. The topological polar surface area (TPSA) is 13.1 Å². The van der Waals surface area contributed by atoms with E-state index < -0.39 is 0 Å². The number of rotatable bonds is 3. The molecule has 1 aliphatic rings. The first-order valence-corrected chi connectivity index (χ1v) is 16.8. The summed E-state index contributed by atoms with van der Waals surface area (Å²) in [4.78, 5) is 0. The monoisotopic (exact) mass is 612 g/mol. The van der Waals surface area contributed by atoms with Crippen LogP contribution >= 0.6 is 0 Å². The molecular weight excluding hydrogens is 581 g/mol. The Hall–Kier alpha value is -5.92. The summed E-state index contributed by atoms with van der Waals surface area (Å²) in [6, 6.07) is 57.8. The van der Waals surface area contributed by atoms with Crippen LogP contribution in [0.3, 0.4) is 0 Å². The molecule has 0 unspecified atom stereocenters. The Bertz CT molecular complexity index is 2740.